The maximum Gasteiger partial charge on any atom is 0.255 e. The normalized spacial score (nSPS) is 8.75. The summed E-state index contributed by atoms with van der Waals surface area (Å²) >= 11 is 0. The van der Waals surface area contributed by atoms with E-state index in [1.807, 2.05) is 59.0 Å². The number of nitrogens with one attached hydrogen (secondary N) is 2. The number of amides is 1. The number of hydrogen-bond acceptors (Lipinski definition) is 3. The van der Waals surface area contributed by atoms with Crippen molar-refractivity contribution in [3.63, 3.8) is 0 Å². The van der Waals surface area contributed by atoms with E-state index in [0.29, 0.717) is 11.1 Å². The number of benzene rings is 2. The van der Waals surface area contributed by atoms with Crippen LogP contribution in [0.25, 0.3) is 0 Å². The Morgan fingerprint density at radius 1 is 0.708 bits per heavy atom. The molecular weight excluding hydrogens is 300 g/mol. The second kappa shape index (κ2) is 11.9. The van der Waals surface area contributed by atoms with Crippen LogP contribution in [-0.2, 0) is 0 Å². The number of ketones is 1. The van der Waals surface area contributed by atoms with Gasteiger partial charge in [-0.15, -0.1) is 0 Å². The fourth-order valence-electron chi connectivity index (χ4n) is 1.78. The highest BCUT2D eigenvalue weighted by atomic mass is 16.1. The minimum absolute atomic E-state index is 0.0142. The first-order valence-corrected chi connectivity index (χ1v) is 8.30. The molecule has 2 aromatic rings. The monoisotopic (exact) mass is 328 g/mol. The summed E-state index contributed by atoms with van der Waals surface area (Å²) in [6.45, 7) is 9.50. The van der Waals surface area contributed by atoms with Gasteiger partial charge in [0.15, 0.2) is 5.78 Å². The molecule has 0 heterocycles. The van der Waals surface area contributed by atoms with Crippen molar-refractivity contribution < 1.29 is 9.59 Å². The molecule has 0 radical (unpaired) electrons. The highest BCUT2D eigenvalue weighted by Gasteiger charge is 2.07. The summed E-state index contributed by atoms with van der Waals surface area (Å²) in [5.41, 5.74) is 2.83. The summed E-state index contributed by atoms with van der Waals surface area (Å²) in [7, 11) is 1.84. The lowest BCUT2D eigenvalue weighted by molar-refractivity contribution is 0.101. The largest absolute Gasteiger partial charge is 0.388 e. The van der Waals surface area contributed by atoms with Crippen LogP contribution in [0.1, 0.15) is 55.3 Å². The highest BCUT2D eigenvalue weighted by Crippen LogP contribution is 2.14. The molecule has 2 aromatic carbocycles. The number of hydrogen-bond donors (Lipinski definition) is 2. The van der Waals surface area contributed by atoms with Gasteiger partial charge in [-0.05, 0) is 43.3 Å². The predicted octanol–water partition coefficient (Wildman–Crippen LogP) is 5.24. The number of carbonyl (C=O) groups excluding carboxylic acids is 2. The molecule has 0 aliphatic heterocycles. The average molecular weight is 328 g/mol. The zero-order valence-corrected chi connectivity index (χ0v) is 15.4. The van der Waals surface area contributed by atoms with Crippen molar-refractivity contribution in [2.24, 2.45) is 0 Å². The first-order chi connectivity index (χ1) is 11.6. The van der Waals surface area contributed by atoms with E-state index in [4.69, 9.17) is 0 Å². The summed E-state index contributed by atoms with van der Waals surface area (Å²) in [6.07, 6.45) is 0. The molecule has 0 aliphatic rings. The highest BCUT2D eigenvalue weighted by molar-refractivity contribution is 6.05. The van der Waals surface area contributed by atoms with E-state index in [-0.39, 0.29) is 11.7 Å². The second-order valence-electron chi connectivity index (χ2n) is 4.42. The van der Waals surface area contributed by atoms with Gasteiger partial charge in [0.1, 0.15) is 0 Å². The standard InChI is InChI=1S/C16H16N2O2.2C2H6/c1-11(19)12-3-5-13(6-4-12)16(20)18-15-9-7-14(17-2)8-10-15;2*1-2/h3-10,17H,1-2H3,(H,18,20);2*1-2H3. The fraction of sp³-hybridized carbons (Fsp3) is 0.300. The Morgan fingerprint density at radius 2 is 1.12 bits per heavy atom. The third-order valence-corrected chi connectivity index (χ3v) is 2.99. The predicted molar refractivity (Wildman–Crippen MR) is 103 cm³/mol. The van der Waals surface area contributed by atoms with Crippen LogP contribution in [0.5, 0.6) is 0 Å². The zero-order chi connectivity index (χ0) is 18.5. The molecule has 0 unspecified atom stereocenters. The summed E-state index contributed by atoms with van der Waals surface area (Å²) in [5.74, 6) is -0.211. The van der Waals surface area contributed by atoms with E-state index in [2.05, 4.69) is 10.6 Å². The quantitative estimate of drug-likeness (QED) is 0.755. The third kappa shape index (κ3) is 6.65. The van der Waals surface area contributed by atoms with Crippen molar-refractivity contribution in [1.29, 1.82) is 0 Å². The van der Waals surface area contributed by atoms with Crippen LogP contribution >= 0.6 is 0 Å². The maximum absolute atomic E-state index is 12.0. The Bertz CT molecular complexity index is 617. The summed E-state index contributed by atoms with van der Waals surface area (Å²) < 4.78 is 0. The van der Waals surface area contributed by atoms with E-state index in [0.717, 1.165) is 11.4 Å². The van der Waals surface area contributed by atoms with Crippen LogP contribution in [-0.4, -0.2) is 18.7 Å². The van der Waals surface area contributed by atoms with E-state index in [1.165, 1.54) is 6.92 Å². The van der Waals surface area contributed by atoms with Crippen molar-refractivity contribution in [3.8, 4) is 0 Å². The van der Waals surface area contributed by atoms with E-state index < -0.39 is 0 Å². The minimum Gasteiger partial charge on any atom is -0.388 e. The lowest BCUT2D eigenvalue weighted by Crippen LogP contribution is -2.12. The Kier molecular flexibility index (Phi) is 10.6. The molecule has 0 spiro atoms. The first-order valence-electron chi connectivity index (χ1n) is 8.30. The van der Waals surface area contributed by atoms with Crippen LogP contribution in [0.2, 0.25) is 0 Å². The van der Waals surface area contributed by atoms with Crippen LogP contribution in [0.4, 0.5) is 11.4 Å². The molecule has 0 aliphatic carbocycles. The molecule has 2 N–H and O–H groups in total. The first kappa shape index (κ1) is 21.4. The molecule has 0 fully saturated rings. The van der Waals surface area contributed by atoms with Crippen molar-refractivity contribution in [1.82, 2.24) is 0 Å². The number of Topliss-reactive ketones (excluding diaryl/α,β-unsaturated/α-hetero) is 1. The maximum atomic E-state index is 12.0. The topological polar surface area (TPSA) is 58.2 Å². The van der Waals surface area contributed by atoms with Gasteiger partial charge < -0.3 is 10.6 Å². The van der Waals surface area contributed by atoms with Crippen LogP contribution in [0.15, 0.2) is 48.5 Å². The summed E-state index contributed by atoms with van der Waals surface area (Å²) in [4.78, 5) is 23.2. The lowest BCUT2D eigenvalue weighted by Gasteiger charge is -2.07. The zero-order valence-electron chi connectivity index (χ0n) is 15.4. The van der Waals surface area contributed by atoms with E-state index in [9.17, 15) is 9.59 Å². The van der Waals surface area contributed by atoms with Crippen LogP contribution in [0, 0.1) is 0 Å². The number of carbonyl (C=O) groups is 2. The summed E-state index contributed by atoms with van der Waals surface area (Å²) in [5, 5.41) is 5.82. The van der Waals surface area contributed by atoms with Gasteiger partial charge in [0.2, 0.25) is 0 Å². The molecule has 0 saturated carbocycles. The fourth-order valence-corrected chi connectivity index (χ4v) is 1.78. The molecule has 2 rings (SSSR count). The second-order valence-corrected chi connectivity index (χ2v) is 4.42. The van der Waals surface area contributed by atoms with Gasteiger partial charge in [-0.2, -0.15) is 0 Å². The Morgan fingerprint density at radius 3 is 1.54 bits per heavy atom. The van der Waals surface area contributed by atoms with Crippen LogP contribution in [0.3, 0.4) is 0 Å². The van der Waals surface area contributed by atoms with Crippen molar-refractivity contribution in [3.05, 3.63) is 59.7 Å². The smallest absolute Gasteiger partial charge is 0.255 e. The van der Waals surface area contributed by atoms with Crippen molar-refractivity contribution in [2.75, 3.05) is 17.7 Å². The lowest BCUT2D eigenvalue weighted by atomic mass is 10.1. The molecule has 0 saturated heterocycles. The van der Waals surface area contributed by atoms with Crippen molar-refractivity contribution in [2.45, 2.75) is 34.6 Å². The van der Waals surface area contributed by atoms with Gasteiger partial charge in [0.05, 0.1) is 0 Å². The molecule has 4 nitrogen and oxygen atoms in total. The van der Waals surface area contributed by atoms with Gasteiger partial charge in [-0.25, -0.2) is 0 Å². The van der Waals surface area contributed by atoms with E-state index in [1.54, 1.807) is 24.3 Å². The van der Waals surface area contributed by atoms with Gasteiger partial charge in [0.25, 0.3) is 5.91 Å². The van der Waals surface area contributed by atoms with E-state index >= 15 is 0 Å². The van der Waals surface area contributed by atoms with Gasteiger partial charge in [0, 0.05) is 29.5 Å². The molecule has 24 heavy (non-hydrogen) atoms. The van der Waals surface area contributed by atoms with Gasteiger partial charge >= 0.3 is 0 Å². The van der Waals surface area contributed by atoms with Crippen LogP contribution < -0.4 is 10.6 Å². The Hall–Kier alpha value is -2.62. The molecule has 0 atom stereocenters. The molecule has 130 valence electrons. The molecule has 0 aromatic heterocycles. The number of anilines is 2. The third-order valence-electron chi connectivity index (χ3n) is 2.99. The SMILES string of the molecule is CC.CC.CNc1ccc(NC(=O)c2ccc(C(C)=O)cc2)cc1. The van der Waals surface area contributed by atoms with Gasteiger partial charge in [-0.1, -0.05) is 39.8 Å². The molecule has 4 heteroatoms. The van der Waals surface area contributed by atoms with Gasteiger partial charge in [-0.3, -0.25) is 9.59 Å². The molecule has 1 amide bonds. The Labute approximate surface area is 145 Å². The summed E-state index contributed by atoms with van der Waals surface area (Å²) in [6, 6.07) is 14.0. The molecule has 0 bridgehead atoms. The minimum atomic E-state index is -0.197. The Balaban J connectivity index is 0.00000123. The average Bonchev–Trinajstić information content (AvgIpc) is 2.65. The molecular formula is C20H28N2O2. The number of rotatable bonds is 4. The van der Waals surface area contributed by atoms with Crippen molar-refractivity contribution >= 4 is 23.1 Å².